The number of hydrogen-bond acceptors (Lipinski definition) is 3. The first-order valence-corrected chi connectivity index (χ1v) is 7.03. The Kier molecular flexibility index (Phi) is 4.12. The summed E-state index contributed by atoms with van der Waals surface area (Å²) in [6.45, 7) is 9.51. The van der Waals surface area contributed by atoms with Gasteiger partial charge in [-0.05, 0) is 69.0 Å². The van der Waals surface area contributed by atoms with Crippen molar-refractivity contribution in [3.63, 3.8) is 0 Å². The monoisotopic (exact) mass is 283 g/mol. The summed E-state index contributed by atoms with van der Waals surface area (Å²) in [5.74, 6) is -0.265. The topological polar surface area (TPSA) is 39.2 Å². The molecule has 0 fully saturated rings. The molecule has 1 aromatic heterocycles. The van der Waals surface area contributed by atoms with Crippen molar-refractivity contribution < 1.29 is 9.53 Å². The van der Waals surface area contributed by atoms with E-state index in [1.165, 1.54) is 0 Å². The van der Waals surface area contributed by atoms with Crippen LogP contribution in [-0.2, 0) is 4.74 Å². The fraction of sp³-hybridized carbons (Fsp3) is 0.333. The predicted octanol–water partition coefficient (Wildman–Crippen LogP) is 4.32. The lowest BCUT2D eigenvalue weighted by Gasteiger charge is -2.21. The first kappa shape index (κ1) is 15.2. The van der Waals surface area contributed by atoms with Crippen molar-refractivity contribution in [1.82, 2.24) is 4.98 Å². The zero-order valence-corrected chi connectivity index (χ0v) is 13.2. The predicted molar refractivity (Wildman–Crippen MR) is 84.3 cm³/mol. The Bertz CT molecular complexity index is 632. The van der Waals surface area contributed by atoms with Gasteiger partial charge in [-0.1, -0.05) is 12.1 Å². The van der Waals surface area contributed by atoms with Gasteiger partial charge in [-0.15, -0.1) is 0 Å². The highest BCUT2D eigenvalue weighted by atomic mass is 16.6. The Morgan fingerprint density at radius 1 is 1.00 bits per heavy atom. The summed E-state index contributed by atoms with van der Waals surface area (Å²) in [4.78, 5) is 16.3. The molecule has 0 saturated heterocycles. The van der Waals surface area contributed by atoms with Crippen LogP contribution in [0.1, 0.15) is 42.3 Å². The van der Waals surface area contributed by atoms with Gasteiger partial charge in [-0.25, -0.2) is 4.79 Å². The molecule has 1 aromatic carbocycles. The standard InChI is InChI=1S/C18H21NO2/c1-12-10-15(14-6-8-19-9-7-14)11-13(2)16(12)17(20)21-18(3,4)5/h6-11H,1-5H3. The lowest BCUT2D eigenvalue weighted by atomic mass is 9.96. The number of esters is 1. The van der Waals surface area contributed by atoms with E-state index in [1.54, 1.807) is 12.4 Å². The van der Waals surface area contributed by atoms with E-state index in [0.29, 0.717) is 5.56 Å². The van der Waals surface area contributed by atoms with Gasteiger partial charge in [-0.2, -0.15) is 0 Å². The fourth-order valence-corrected chi connectivity index (χ4v) is 2.33. The van der Waals surface area contributed by atoms with Gasteiger partial charge in [-0.3, -0.25) is 4.98 Å². The van der Waals surface area contributed by atoms with Crippen molar-refractivity contribution in [3.8, 4) is 11.1 Å². The number of rotatable bonds is 2. The number of aromatic nitrogens is 1. The molecule has 2 aromatic rings. The van der Waals surface area contributed by atoms with Crippen LogP contribution in [0.2, 0.25) is 0 Å². The minimum atomic E-state index is -0.486. The van der Waals surface area contributed by atoms with Crippen molar-refractivity contribution in [2.75, 3.05) is 0 Å². The number of pyridine rings is 1. The Labute approximate surface area is 126 Å². The molecule has 0 aliphatic rings. The average Bonchev–Trinajstić information content (AvgIpc) is 2.36. The second-order valence-corrected chi connectivity index (χ2v) is 6.22. The van der Waals surface area contributed by atoms with Gasteiger partial charge in [0.15, 0.2) is 0 Å². The Balaban J connectivity index is 2.41. The van der Waals surface area contributed by atoms with E-state index in [1.807, 2.05) is 58.9 Å². The van der Waals surface area contributed by atoms with E-state index in [2.05, 4.69) is 4.98 Å². The van der Waals surface area contributed by atoms with Crippen LogP contribution >= 0.6 is 0 Å². The molecule has 21 heavy (non-hydrogen) atoms. The number of aryl methyl sites for hydroxylation is 2. The summed E-state index contributed by atoms with van der Waals surface area (Å²) < 4.78 is 5.48. The Morgan fingerprint density at radius 2 is 1.52 bits per heavy atom. The molecule has 0 radical (unpaired) electrons. The number of carbonyl (C=O) groups excluding carboxylic acids is 1. The van der Waals surface area contributed by atoms with Crippen LogP contribution in [0.15, 0.2) is 36.7 Å². The number of ether oxygens (including phenoxy) is 1. The summed E-state index contributed by atoms with van der Waals surface area (Å²) in [6, 6.07) is 7.95. The number of nitrogens with zero attached hydrogens (tertiary/aromatic N) is 1. The van der Waals surface area contributed by atoms with E-state index >= 15 is 0 Å². The van der Waals surface area contributed by atoms with Gasteiger partial charge in [0.1, 0.15) is 5.60 Å². The van der Waals surface area contributed by atoms with Gasteiger partial charge < -0.3 is 4.74 Å². The van der Waals surface area contributed by atoms with Crippen molar-refractivity contribution in [2.45, 2.75) is 40.2 Å². The fourth-order valence-electron chi connectivity index (χ4n) is 2.33. The summed E-state index contributed by atoms with van der Waals surface area (Å²) in [7, 11) is 0. The summed E-state index contributed by atoms with van der Waals surface area (Å²) in [5, 5.41) is 0. The minimum absolute atomic E-state index is 0.265. The highest BCUT2D eigenvalue weighted by molar-refractivity contribution is 5.94. The molecule has 0 amide bonds. The molecule has 0 N–H and O–H groups in total. The normalized spacial score (nSPS) is 11.3. The lowest BCUT2D eigenvalue weighted by molar-refractivity contribution is 0.00680. The highest BCUT2D eigenvalue weighted by Crippen LogP contribution is 2.26. The molecular formula is C18H21NO2. The zero-order chi connectivity index (χ0) is 15.6. The van der Waals surface area contributed by atoms with E-state index in [9.17, 15) is 4.79 Å². The molecule has 0 aliphatic carbocycles. The van der Waals surface area contributed by atoms with Crippen LogP contribution < -0.4 is 0 Å². The maximum atomic E-state index is 12.3. The van der Waals surface area contributed by atoms with Gasteiger partial charge >= 0.3 is 5.97 Å². The summed E-state index contributed by atoms with van der Waals surface area (Å²) in [6.07, 6.45) is 3.53. The van der Waals surface area contributed by atoms with Crippen LogP contribution in [0.3, 0.4) is 0 Å². The molecule has 0 spiro atoms. The molecule has 0 atom stereocenters. The summed E-state index contributed by atoms with van der Waals surface area (Å²) >= 11 is 0. The van der Waals surface area contributed by atoms with Crippen molar-refractivity contribution in [3.05, 3.63) is 53.3 Å². The van der Waals surface area contributed by atoms with E-state index in [4.69, 9.17) is 4.74 Å². The summed E-state index contributed by atoms with van der Waals surface area (Å²) in [5.41, 5.74) is 4.20. The number of carbonyl (C=O) groups is 1. The molecule has 2 rings (SSSR count). The molecular weight excluding hydrogens is 262 g/mol. The van der Waals surface area contributed by atoms with Crippen LogP contribution in [0, 0.1) is 13.8 Å². The molecule has 0 aliphatic heterocycles. The smallest absolute Gasteiger partial charge is 0.339 e. The van der Waals surface area contributed by atoms with Crippen molar-refractivity contribution in [1.29, 1.82) is 0 Å². The third-order valence-corrected chi connectivity index (χ3v) is 3.15. The average molecular weight is 283 g/mol. The van der Waals surface area contributed by atoms with Gasteiger partial charge in [0.05, 0.1) is 5.56 Å². The minimum Gasteiger partial charge on any atom is -0.456 e. The Morgan fingerprint density at radius 3 is 2.00 bits per heavy atom. The molecule has 110 valence electrons. The Hall–Kier alpha value is -2.16. The van der Waals surface area contributed by atoms with Crippen LogP contribution in [0.5, 0.6) is 0 Å². The quantitative estimate of drug-likeness (QED) is 0.770. The van der Waals surface area contributed by atoms with Gasteiger partial charge in [0, 0.05) is 12.4 Å². The maximum absolute atomic E-state index is 12.3. The van der Waals surface area contributed by atoms with E-state index in [-0.39, 0.29) is 5.97 Å². The largest absolute Gasteiger partial charge is 0.456 e. The lowest BCUT2D eigenvalue weighted by Crippen LogP contribution is -2.24. The van der Waals surface area contributed by atoms with Gasteiger partial charge in [0.25, 0.3) is 0 Å². The molecule has 0 saturated carbocycles. The third kappa shape index (κ3) is 3.69. The SMILES string of the molecule is Cc1cc(-c2ccncc2)cc(C)c1C(=O)OC(C)(C)C. The van der Waals surface area contributed by atoms with E-state index in [0.717, 1.165) is 22.3 Å². The van der Waals surface area contributed by atoms with E-state index < -0.39 is 5.60 Å². The van der Waals surface area contributed by atoms with Crippen molar-refractivity contribution >= 4 is 5.97 Å². The first-order valence-electron chi connectivity index (χ1n) is 7.03. The van der Waals surface area contributed by atoms with Gasteiger partial charge in [0.2, 0.25) is 0 Å². The number of hydrogen-bond donors (Lipinski definition) is 0. The molecule has 0 unspecified atom stereocenters. The second kappa shape index (κ2) is 5.68. The van der Waals surface area contributed by atoms with Crippen LogP contribution in [0.25, 0.3) is 11.1 Å². The maximum Gasteiger partial charge on any atom is 0.339 e. The zero-order valence-electron chi connectivity index (χ0n) is 13.2. The van der Waals surface area contributed by atoms with Crippen LogP contribution in [0.4, 0.5) is 0 Å². The molecule has 0 bridgehead atoms. The molecule has 3 nitrogen and oxygen atoms in total. The third-order valence-electron chi connectivity index (χ3n) is 3.15. The number of benzene rings is 1. The molecule has 1 heterocycles. The second-order valence-electron chi connectivity index (χ2n) is 6.22. The molecule has 3 heteroatoms. The van der Waals surface area contributed by atoms with Crippen LogP contribution in [-0.4, -0.2) is 16.6 Å². The first-order chi connectivity index (χ1) is 9.78. The highest BCUT2D eigenvalue weighted by Gasteiger charge is 2.21. The van der Waals surface area contributed by atoms with Crippen molar-refractivity contribution in [2.24, 2.45) is 0 Å².